The van der Waals surface area contributed by atoms with Crippen LogP contribution in [0.5, 0.6) is 5.75 Å². The zero-order valence-corrected chi connectivity index (χ0v) is 19.4. The third kappa shape index (κ3) is 4.41. The predicted octanol–water partition coefficient (Wildman–Crippen LogP) is 5.36. The quantitative estimate of drug-likeness (QED) is 0.489. The van der Waals surface area contributed by atoms with E-state index >= 15 is 0 Å². The van der Waals surface area contributed by atoms with Crippen molar-refractivity contribution in [2.75, 3.05) is 16.8 Å². The Balaban J connectivity index is 1.76. The SMILES string of the molecule is CCCOc1ccc(C2=C(Nc3ccc(C)c(C)c3)C(=O)N(c3ccc(C#N)cc3)C2=O)cc1. The van der Waals surface area contributed by atoms with Crippen molar-refractivity contribution in [2.45, 2.75) is 27.2 Å². The average molecular weight is 452 g/mol. The minimum atomic E-state index is -0.450. The van der Waals surface area contributed by atoms with Crippen LogP contribution in [0.1, 0.15) is 35.6 Å². The van der Waals surface area contributed by atoms with E-state index < -0.39 is 11.8 Å². The average Bonchev–Trinajstić information content (AvgIpc) is 3.09. The molecule has 1 heterocycles. The van der Waals surface area contributed by atoms with E-state index in [0.29, 0.717) is 29.2 Å². The van der Waals surface area contributed by atoms with Gasteiger partial charge in [0.25, 0.3) is 11.8 Å². The van der Waals surface area contributed by atoms with Crippen LogP contribution in [0.25, 0.3) is 5.57 Å². The molecule has 2 amide bonds. The highest BCUT2D eigenvalue weighted by atomic mass is 16.5. The van der Waals surface area contributed by atoms with E-state index in [0.717, 1.165) is 28.1 Å². The number of ether oxygens (including phenoxy) is 1. The molecule has 0 atom stereocenters. The van der Waals surface area contributed by atoms with Crippen LogP contribution in [-0.2, 0) is 9.59 Å². The van der Waals surface area contributed by atoms with Gasteiger partial charge >= 0.3 is 0 Å². The number of imide groups is 1. The van der Waals surface area contributed by atoms with Crippen molar-refractivity contribution >= 4 is 28.8 Å². The van der Waals surface area contributed by atoms with Crippen LogP contribution in [0.15, 0.2) is 72.4 Å². The molecule has 0 bridgehead atoms. The van der Waals surface area contributed by atoms with Crippen LogP contribution in [0.3, 0.4) is 0 Å². The number of hydrogen-bond donors (Lipinski definition) is 1. The topological polar surface area (TPSA) is 82.4 Å². The number of nitrogens with zero attached hydrogens (tertiary/aromatic N) is 2. The minimum Gasteiger partial charge on any atom is -0.494 e. The minimum absolute atomic E-state index is 0.208. The Hall–Kier alpha value is -4.37. The van der Waals surface area contributed by atoms with Crippen LogP contribution >= 0.6 is 0 Å². The summed E-state index contributed by atoms with van der Waals surface area (Å²) in [4.78, 5) is 28.2. The first kappa shape index (κ1) is 22.8. The zero-order valence-electron chi connectivity index (χ0n) is 19.4. The lowest BCUT2D eigenvalue weighted by Crippen LogP contribution is -2.32. The number of nitriles is 1. The van der Waals surface area contributed by atoms with Crippen molar-refractivity contribution in [3.05, 3.63) is 94.7 Å². The maximum atomic E-state index is 13.6. The second-order valence-corrected chi connectivity index (χ2v) is 8.15. The van der Waals surface area contributed by atoms with Crippen LogP contribution in [-0.4, -0.2) is 18.4 Å². The van der Waals surface area contributed by atoms with Gasteiger partial charge in [0.05, 0.1) is 29.5 Å². The summed E-state index contributed by atoms with van der Waals surface area (Å²) in [5.41, 5.74) is 4.90. The predicted molar refractivity (Wildman–Crippen MR) is 132 cm³/mol. The van der Waals surface area contributed by atoms with Crippen molar-refractivity contribution in [3.63, 3.8) is 0 Å². The number of benzene rings is 3. The lowest BCUT2D eigenvalue weighted by atomic mass is 10.0. The molecule has 0 aromatic heterocycles. The molecule has 0 saturated heterocycles. The molecule has 1 aliphatic rings. The molecule has 1 N–H and O–H groups in total. The highest BCUT2D eigenvalue weighted by molar-refractivity contribution is 6.46. The van der Waals surface area contributed by atoms with Crippen LogP contribution in [0.2, 0.25) is 0 Å². The lowest BCUT2D eigenvalue weighted by Gasteiger charge is -2.15. The molecule has 6 heteroatoms. The molecule has 1 aliphatic heterocycles. The Morgan fingerprint density at radius 2 is 1.62 bits per heavy atom. The second-order valence-electron chi connectivity index (χ2n) is 8.15. The second kappa shape index (κ2) is 9.63. The van der Waals surface area contributed by atoms with Gasteiger partial charge in [-0.15, -0.1) is 0 Å². The fourth-order valence-corrected chi connectivity index (χ4v) is 3.73. The molecule has 170 valence electrons. The van der Waals surface area contributed by atoms with Crippen molar-refractivity contribution < 1.29 is 14.3 Å². The molecule has 0 aliphatic carbocycles. The van der Waals surface area contributed by atoms with Gasteiger partial charge in [0.2, 0.25) is 0 Å². The van der Waals surface area contributed by atoms with E-state index in [-0.39, 0.29) is 11.3 Å². The van der Waals surface area contributed by atoms with E-state index in [9.17, 15) is 9.59 Å². The van der Waals surface area contributed by atoms with Gasteiger partial charge in [-0.3, -0.25) is 9.59 Å². The normalized spacial score (nSPS) is 13.3. The maximum Gasteiger partial charge on any atom is 0.282 e. The highest BCUT2D eigenvalue weighted by Crippen LogP contribution is 2.34. The molecule has 4 rings (SSSR count). The summed E-state index contributed by atoms with van der Waals surface area (Å²) < 4.78 is 5.66. The molecular weight excluding hydrogens is 426 g/mol. The molecule has 0 fully saturated rings. The van der Waals surface area contributed by atoms with Crippen molar-refractivity contribution in [1.29, 1.82) is 5.26 Å². The summed E-state index contributed by atoms with van der Waals surface area (Å²) in [7, 11) is 0. The van der Waals surface area contributed by atoms with Gasteiger partial charge in [-0.05, 0) is 85.5 Å². The monoisotopic (exact) mass is 451 g/mol. The Labute approximate surface area is 199 Å². The summed E-state index contributed by atoms with van der Waals surface area (Å²) in [5.74, 6) is -0.173. The van der Waals surface area contributed by atoms with E-state index in [1.165, 1.54) is 0 Å². The van der Waals surface area contributed by atoms with Gasteiger partial charge in [-0.25, -0.2) is 4.90 Å². The lowest BCUT2D eigenvalue weighted by molar-refractivity contribution is -0.120. The van der Waals surface area contributed by atoms with Gasteiger partial charge < -0.3 is 10.1 Å². The molecule has 0 radical (unpaired) electrons. The molecule has 0 saturated carbocycles. The molecule has 3 aromatic rings. The standard InChI is InChI=1S/C28H25N3O3/c1-4-15-34-24-13-8-21(9-14-24)25-26(30-22-10-5-18(2)19(3)16-22)28(33)31(27(25)32)23-11-6-20(17-29)7-12-23/h5-14,16,30H,4,15H2,1-3H3. The Bertz CT molecular complexity index is 1320. The van der Waals surface area contributed by atoms with Crippen molar-refractivity contribution in [3.8, 4) is 11.8 Å². The van der Waals surface area contributed by atoms with E-state index in [1.54, 1.807) is 48.5 Å². The summed E-state index contributed by atoms with van der Waals surface area (Å²) in [5, 5.41) is 12.3. The fraction of sp³-hybridized carbons (Fsp3) is 0.179. The number of amides is 2. The number of nitrogens with one attached hydrogen (secondary N) is 1. The highest BCUT2D eigenvalue weighted by Gasteiger charge is 2.40. The first-order valence-electron chi connectivity index (χ1n) is 11.1. The summed E-state index contributed by atoms with van der Waals surface area (Å²) in [6, 6.07) is 21.4. The van der Waals surface area contributed by atoms with Gasteiger partial charge in [-0.1, -0.05) is 25.1 Å². The van der Waals surface area contributed by atoms with E-state index in [1.807, 2.05) is 45.0 Å². The Morgan fingerprint density at radius 1 is 0.912 bits per heavy atom. The van der Waals surface area contributed by atoms with Crippen LogP contribution in [0, 0.1) is 25.2 Å². The van der Waals surface area contributed by atoms with Gasteiger partial charge in [0, 0.05) is 5.69 Å². The smallest absolute Gasteiger partial charge is 0.282 e. The van der Waals surface area contributed by atoms with Crippen LogP contribution in [0.4, 0.5) is 11.4 Å². The summed E-state index contributed by atoms with van der Waals surface area (Å²) >= 11 is 0. The Kier molecular flexibility index (Phi) is 6.46. The number of carbonyl (C=O) groups excluding carboxylic acids is 2. The number of anilines is 2. The van der Waals surface area contributed by atoms with Gasteiger partial charge in [-0.2, -0.15) is 5.26 Å². The third-order valence-corrected chi connectivity index (χ3v) is 5.73. The van der Waals surface area contributed by atoms with Crippen molar-refractivity contribution in [2.24, 2.45) is 0 Å². The summed E-state index contributed by atoms with van der Waals surface area (Å²) in [6.07, 6.45) is 0.892. The molecule has 0 unspecified atom stereocenters. The van der Waals surface area contributed by atoms with Gasteiger partial charge in [0.1, 0.15) is 11.4 Å². The van der Waals surface area contributed by atoms with Crippen molar-refractivity contribution in [1.82, 2.24) is 0 Å². The number of hydrogen-bond acceptors (Lipinski definition) is 5. The fourth-order valence-electron chi connectivity index (χ4n) is 3.73. The molecule has 6 nitrogen and oxygen atoms in total. The zero-order chi connectivity index (χ0) is 24.2. The van der Waals surface area contributed by atoms with E-state index in [4.69, 9.17) is 10.00 Å². The first-order chi connectivity index (χ1) is 16.4. The Morgan fingerprint density at radius 3 is 2.24 bits per heavy atom. The largest absolute Gasteiger partial charge is 0.494 e. The maximum absolute atomic E-state index is 13.6. The third-order valence-electron chi connectivity index (χ3n) is 5.73. The first-order valence-corrected chi connectivity index (χ1v) is 11.1. The summed E-state index contributed by atoms with van der Waals surface area (Å²) in [6.45, 7) is 6.65. The number of aryl methyl sites for hydroxylation is 2. The molecule has 34 heavy (non-hydrogen) atoms. The number of rotatable bonds is 7. The molecular formula is C28H25N3O3. The number of carbonyl (C=O) groups is 2. The molecule has 3 aromatic carbocycles. The van der Waals surface area contributed by atoms with Crippen LogP contribution < -0.4 is 15.0 Å². The van der Waals surface area contributed by atoms with Gasteiger partial charge in [0.15, 0.2) is 0 Å². The molecule has 0 spiro atoms. The van der Waals surface area contributed by atoms with E-state index in [2.05, 4.69) is 5.32 Å².